The van der Waals surface area contributed by atoms with Gasteiger partial charge in [-0.3, -0.25) is 4.99 Å². The van der Waals surface area contributed by atoms with Gasteiger partial charge < -0.3 is 15.4 Å². The molecule has 0 spiro atoms. The van der Waals surface area contributed by atoms with Crippen LogP contribution in [-0.4, -0.2) is 20.1 Å². The van der Waals surface area contributed by atoms with Crippen LogP contribution in [-0.2, 0) is 13.1 Å². The fraction of sp³-hybridized carbons (Fsp3) is 0.278. The van der Waals surface area contributed by atoms with Crippen molar-refractivity contribution in [3.8, 4) is 5.75 Å². The minimum Gasteiger partial charge on any atom is -0.496 e. The SMILES string of the molecule is CN=C(NCc1ccc(Cl)cc1)NCc1ccc(C)cc1OC. The van der Waals surface area contributed by atoms with Crippen molar-refractivity contribution in [2.24, 2.45) is 4.99 Å². The molecular weight excluding hydrogens is 310 g/mol. The van der Waals surface area contributed by atoms with Gasteiger partial charge in [0.25, 0.3) is 0 Å². The normalized spacial score (nSPS) is 11.2. The second kappa shape index (κ2) is 8.44. The molecule has 0 radical (unpaired) electrons. The monoisotopic (exact) mass is 331 g/mol. The number of aryl methyl sites for hydroxylation is 1. The molecule has 2 aromatic rings. The molecule has 4 nitrogen and oxygen atoms in total. The summed E-state index contributed by atoms with van der Waals surface area (Å²) >= 11 is 5.89. The molecule has 0 aliphatic rings. The Morgan fingerprint density at radius 3 is 2.43 bits per heavy atom. The highest BCUT2D eigenvalue weighted by Crippen LogP contribution is 2.19. The first kappa shape index (κ1) is 17.2. The molecule has 5 heteroatoms. The van der Waals surface area contributed by atoms with Crippen LogP contribution in [0.4, 0.5) is 0 Å². The van der Waals surface area contributed by atoms with Crippen LogP contribution in [0.15, 0.2) is 47.5 Å². The molecule has 0 aliphatic heterocycles. The molecule has 0 saturated heterocycles. The highest BCUT2D eigenvalue weighted by Gasteiger charge is 2.05. The fourth-order valence-corrected chi connectivity index (χ4v) is 2.31. The van der Waals surface area contributed by atoms with Crippen molar-refractivity contribution >= 4 is 17.6 Å². The second-order valence-corrected chi connectivity index (χ2v) is 5.66. The molecule has 2 rings (SSSR count). The molecule has 0 saturated carbocycles. The van der Waals surface area contributed by atoms with Gasteiger partial charge in [-0.1, -0.05) is 35.9 Å². The van der Waals surface area contributed by atoms with Crippen molar-refractivity contribution in [2.45, 2.75) is 20.0 Å². The van der Waals surface area contributed by atoms with Gasteiger partial charge in [0, 0.05) is 30.7 Å². The first-order valence-corrected chi connectivity index (χ1v) is 7.82. The Hall–Kier alpha value is -2.20. The molecule has 2 N–H and O–H groups in total. The zero-order chi connectivity index (χ0) is 16.7. The lowest BCUT2D eigenvalue weighted by Crippen LogP contribution is -2.36. The zero-order valence-corrected chi connectivity index (χ0v) is 14.4. The van der Waals surface area contributed by atoms with E-state index in [1.54, 1.807) is 14.2 Å². The molecule has 0 amide bonds. The number of hydrogen-bond acceptors (Lipinski definition) is 2. The summed E-state index contributed by atoms with van der Waals surface area (Å²) < 4.78 is 5.42. The van der Waals surface area contributed by atoms with Crippen molar-refractivity contribution < 1.29 is 4.74 Å². The van der Waals surface area contributed by atoms with E-state index < -0.39 is 0 Å². The van der Waals surface area contributed by atoms with E-state index in [0.29, 0.717) is 13.1 Å². The van der Waals surface area contributed by atoms with Crippen LogP contribution >= 0.6 is 11.6 Å². The van der Waals surface area contributed by atoms with Gasteiger partial charge in [0.2, 0.25) is 0 Å². The standard InChI is InChI=1S/C18H22ClN3O/c1-13-4-7-15(17(10-13)23-3)12-22-18(20-2)21-11-14-5-8-16(19)9-6-14/h4-10H,11-12H2,1-3H3,(H2,20,21,22). The van der Waals surface area contributed by atoms with Crippen LogP contribution in [0.25, 0.3) is 0 Å². The number of guanidine groups is 1. The number of rotatable bonds is 5. The first-order valence-electron chi connectivity index (χ1n) is 7.45. The van der Waals surface area contributed by atoms with Crippen LogP contribution in [0.1, 0.15) is 16.7 Å². The van der Waals surface area contributed by atoms with Crippen LogP contribution < -0.4 is 15.4 Å². The van der Waals surface area contributed by atoms with E-state index in [4.69, 9.17) is 16.3 Å². The van der Waals surface area contributed by atoms with Gasteiger partial charge in [0.05, 0.1) is 7.11 Å². The molecule has 0 heterocycles. The van der Waals surface area contributed by atoms with E-state index in [2.05, 4.69) is 27.8 Å². The molecule has 0 aliphatic carbocycles. The lowest BCUT2D eigenvalue weighted by Gasteiger charge is -2.14. The van der Waals surface area contributed by atoms with Crippen LogP contribution in [0, 0.1) is 6.92 Å². The topological polar surface area (TPSA) is 45.7 Å². The Kier molecular flexibility index (Phi) is 6.29. The van der Waals surface area contributed by atoms with E-state index >= 15 is 0 Å². The van der Waals surface area contributed by atoms with E-state index in [-0.39, 0.29) is 0 Å². The van der Waals surface area contributed by atoms with Crippen molar-refractivity contribution in [3.05, 3.63) is 64.2 Å². The first-order chi connectivity index (χ1) is 11.1. The summed E-state index contributed by atoms with van der Waals surface area (Å²) in [5.41, 5.74) is 3.41. The largest absolute Gasteiger partial charge is 0.496 e. The molecule has 23 heavy (non-hydrogen) atoms. The van der Waals surface area contributed by atoms with E-state index in [9.17, 15) is 0 Å². The summed E-state index contributed by atoms with van der Waals surface area (Å²) in [6.45, 7) is 3.37. The number of hydrogen-bond donors (Lipinski definition) is 2. The maximum Gasteiger partial charge on any atom is 0.191 e. The summed E-state index contributed by atoms with van der Waals surface area (Å²) in [6, 6.07) is 13.9. The second-order valence-electron chi connectivity index (χ2n) is 5.22. The maximum atomic E-state index is 5.89. The highest BCUT2D eigenvalue weighted by atomic mass is 35.5. The Balaban J connectivity index is 1.91. The third kappa shape index (κ3) is 5.18. The number of benzene rings is 2. The number of ether oxygens (including phenoxy) is 1. The Morgan fingerprint density at radius 1 is 1.09 bits per heavy atom. The van der Waals surface area contributed by atoms with Crippen LogP contribution in [0.5, 0.6) is 5.75 Å². The van der Waals surface area contributed by atoms with Crippen LogP contribution in [0.2, 0.25) is 5.02 Å². The maximum absolute atomic E-state index is 5.89. The molecule has 2 aromatic carbocycles. The molecule has 0 aromatic heterocycles. The van der Waals surface area contributed by atoms with Crippen LogP contribution in [0.3, 0.4) is 0 Å². The van der Waals surface area contributed by atoms with Gasteiger partial charge in [0.1, 0.15) is 5.75 Å². The van der Waals surface area contributed by atoms with Gasteiger partial charge in [0.15, 0.2) is 5.96 Å². The molecule has 122 valence electrons. The molecule has 0 atom stereocenters. The van der Waals surface area contributed by atoms with E-state index in [1.165, 1.54) is 5.56 Å². The fourth-order valence-electron chi connectivity index (χ4n) is 2.19. The average Bonchev–Trinajstić information content (AvgIpc) is 2.57. The molecule has 0 unspecified atom stereocenters. The predicted molar refractivity (Wildman–Crippen MR) is 96.2 cm³/mol. The summed E-state index contributed by atoms with van der Waals surface area (Å²) in [7, 11) is 3.44. The Morgan fingerprint density at radius 2 is 1.78 bits per heavy atom. The van der Waals surface area contributed by atoms with Crippen molar-refractivity contribution in [3.63, 3.8) is 0 Å². The smallest absolute Gasteiger partial charge is 0.191 e. The average molecular weight is 332 g/mol. The summed E-state index contributed by atoms with van der Waals surface area (Å²) in [6.07, 6.45) is 0. The predicted octanol–water partition coefficient (Wildman–Crippen LogP) is 3.52. The summed E-state index contributed by atoms with van der Waals surface area (Å²) in [5.74, 6) is 1.62. The summed E-state index contributed by atoms with van der Waals surface area (Å²) in [4.78, 5) is 4.24. The number of nitrogens with one attached hydrogen (secondary N) is 2. The summed E-state index contributed by atoms with van der Waals surface area (Å²) in [5, 5.41) is 7.31. The number of halogens is 1. The van der Waals surface area contributed by atoms with Crippen molar-refractivity contribution in [1.82, 2.24) is 10.6 Å². The minimum absolute atomic E-state index is 0.643. The van der Waals surface area contributed by atoms with Gasteiger partial charge in [-0.05, 0) is 36.2 Å². The van der Waals surface area contributed by atoms with Crippen molar-refractivity contribution in [2.75, 3.05) is 14.2 Å². The number of aliphatic imine (C=N–C) groups is 1. The molecular formula is C18H22ClN3O. The Bertz CT molecular complexity index is 668. The molecule has 0 fully saturated rings. The molecule has 0 bridgehead atoms. The highest BCUT2D eigenvalue weighted by molar-refractivity contribution is 6.30. The van der Waals surface area contributed by atoms with Gasteiger partial charge in [-0.15, -0.1) is 0 Å². The third-order valence-corrected chi connectivity index (χ3v) is 3.74. The van der Waals surface area contributed by atoms with Gasteiger partial charge in [-0.25, -0.2) is 0 Å². The number of methoxy groups -OCH3 is 1. The lowest BCUT2D eigenvalue weighted by molar-refractivity contribution is 0.408. The number of nitrogens with zero attached hydrogens (tertiary/aromatic N) is 1. The van der Waals surface area contributed by atoms with E-state index in [0.717, 1.165) is 27.9 Å². The lowest BCUT2D eigenvalue weighted by atomic mass is 10.1. The Labute approximate surface area is 142 Å². The minimum atomic E-state index is 0.643. The quantitative estimate of drug-likeness (QED) is 0.651. The van der Waals surface area contributed by atoms with Crippen molar-refractivity contribution in [1.29, 1.82) is 0 Å². The zero-order valence-electron chi connectivity index (χ0n) is 13.7. The van der Waals surface area contributed by atoms with Gasteiger partial charge in [-0.2, -0.15) is 0 Å². The van der Waals surface area contributed by atoms with E-state index in [1.807, 2.05) is 37.3 Å². The third-order valence-electron chi connectivity index (χ3n) is 3.49. The van der Waals surface area contributed by atoms with Gasteiger partial charge >= 0.3 is 0 Å².